The van der Waals surface area contributed by atoms with Gasteiger partial charge in [0.05, 0.1) is 6.61 Å². The second-order valence-electron chi connectivity index (χ2n) is 5.48. The first-order valence-corrected chi connectivity index (χ1v) is 8.78. The van der Waals surface area contributed by atoms with Crippen LogP contribution in [0, 0.1) is 5.92 Å². The fourth-order valence-corrected chi connectivity index (χ4v) is 2.79. The maximum Gasteiger partial charge on any atom is 0.357 e. The summed E-state index contributed by atoms with van der Waals surface area (Å²) in [7, 11) is 0. The summed E-state index contributed by atoms with van der Waals surface area (Å²) in [6, 6.07) is 7.37. The van der Waals surface area contributed by atoms with E-state index in [1.807, 2.05) is 18.2 Å². The van der Waals surface area contributed by atoms with Gasteiger partial charge in [-0.05, 0) is 24.5 Å². The molecule has 0 bridgehead atoms. The Hall–Kier alpha value is -1.43. The van der Waals surface area contributed by atoms with E-state index in [0.717, 1.165) is 17.0 Å². The van der Waals surface area contributed by atoms with Crippen LogP contribution in [-0.2, 0) is 9.47 Å². The van der Waals surface area contributed by atoms with Crippen LogP contribution >= 0.6 is 22.9 Å². The van der Waals surface area contributed by atoms with Crippen molar-refractivity contribution in [2.45, 2.75) is 20.3 Å². The Morgan fingerprint density at radius 2 is 2.13 bits per heavy atom. The molecule has 0 saturated heterocycles. The van der Waals surface area contributed by atoms with Gasteiger partial charge in [0.15, 0.2) is 5.69 Å². The van der Waals surface area contributed by atoms with Gasteiger partial charge in [0.2, 0.25) is 0 Å². The molecule has 0 spiro atoms. The van der Waals surface area contributed by atoms with Crippen LogP contribution in [0.5, 0.6) is 0 Å². The van der Waals surface area contributed by atoms with Crippen LogP contribution in [0.1, 0.15) is 30.8 Å². The van der Waals surface area contributed by atoms with Crippen molar-refractivity contribution in [3.05, 3.63) is 40.4 Å². The molecule has 1 aromatic carbocycles. The Balaban J connectivity index is 1.80. The fraction of sp³-hybridized carbons (Fsp3) is 0.412. The zero-order valence-corrected chi connectivity index (χ0v) is 14.8. The van der Waals surface area contributed by atoms with Gasteiger partial charge >= 0.3 is 5.97 Å². The molecule has 0 amide bonds. The van der Waals surface area contributed by atoms with Crippen LogP contribution in [0.15, 0.2) is 29.6 Å². The van der Waals surface area contributed by atoms with E-state index in [0.29, 0.717) is 29.8 Å². The zero-order valence-electron chi connectivity index (χ0n) is 13.3. The molecule has 0 N–H and O–H groups in total. The van der Waals surface area contributed by atoms with Gasteiger partial charge < -0.3 is 9.47 Å². The number of rotatable bonds is 8. The van der Waals surface area contributed by atoms with Crippen LogP contribution in [-0.4, -0.2) is 30.8 Å². The molecular weight excluding hydrogens is 334 g/mol. The highest BCUT2D eigenvalue weighted by molar-refractivity contribution is 7.13. The molecule has 0 atom stereocenters. The van der Waals surface area contributed by atoms with E-state index >= 15 is 0 Å². The summed E-state index contributed by atoms with van der Waals surface area (Å²) in [5, 5.41) is 3.08. The van der Waals surface area contributed by atoms with E-state index in [-0.39, 0.29) is 6.61 Å². The van der Waals surface area contributed by atoms with Crippen LogP contribution in [0.2, 0.25) is 5.02 Å². The highest BCUT2D eigenvalue weighted by atomic mass is 35.5. The summed E-state index contributed by atoms with van der Waals surface area (Å²) in [4.78, 5) is 16.2. The molecule has 4 nitrogen and oxygen atoms in total. The number of benzene rings is 1. The van der Waals surface area contributed by atoms with Crippen molar-refractivity contribution in [1.82, 2.24) is 4.98 Å². The molecule has 0 aliphatic carbocycles. The van der Waals surface area contributed by atoms with Crippen LogP contribution in [0.25, 0.3) is 10.6 Å². The van der Waals surface area contributed by atoms with E-state index < -0.39 is 5.97 Å². The number of carbonyl (C=O) groups excluding carboxylic acids is 1. The summed E-state index contributed by atoms with van der Waals surface area (Å²) in [5.41, 5.74) is 1.20. The molecular formula is C17H20ClNO3S. The molecule has 2 rings (SSSR count). The normalized spacial score (nSPS) is 11.0. The van der Waals surface area contributed by atoms with Crippen molar-refractivity contribution < 1.29 is 14.3 Å². The Bertz CT molecular complexity index is 642. The number of hydrogen-bond donors (Lipinski definition) is 0. The van der Waals surface area contributed by atoms with Crippen LogP contribution in [0.4, 0.5) is 0 Å². The van der Waals surface area contributed by atoms with Crippen molar-refractivity contribution in [1.29, 1.82) is 0 Å². The van der Waals surface area contributed by atoms with Gasteiger partial charge in [-0.1, -0.05) is 37.6 Å². The number of thiazole rings is 1. The predicted octanol–water partition coefficient (Wildman–Crippen LogP) is 4.68. The fourth-order valence-electron chi connectivity index (χ4n) is 1.81. The van der Waals surface area contributed by atoms with E-state index in [1.165, 1.54) is 11.3 Å². The molecule has 6 heteroatoms. The molecule has 124 valence electrons. The lowest BCUT2D eigenvalue weighted by atomic mass is 10.1. The molecule has 2 aromatic rings. The van der Waals surface area contributed by atoms with Crippen molar-refractivity contribution in [2.75, 3.05) is 19.8 Å². The molecule has 23 heavy (non-hydrogen) atoms. The van der Waals surface area contributed by atoms with E-state index in [2.05, 4.69) is 18.8 Å². The molecule has 0 aliphatic rings. The number of halogens is 1. The van der Waals surface area contributed by atoms with Crippen LogP contribution in [0.3, 0.4) is 0 Å². The molecule has 0 fully saturated rings. The third kappa shape index (κ3) is 5.94. The van der Waals surface area contributed by atoms with E-state index in [9.17, 15) is 4.79 Å². The van der Waals surface area contributed by atoms with Crippen LogP contribution < -0.4 is 0 Å². The minimum atomic E-state index is -0.429. The van der Waals surface area contributed by atoms with Crippen molar-refractivity contribution in [3.8, 4) is 10.6 Å². The highest BCUT2D eigenvalue weighted by Crippen LogP contribution is 2.26. The SMILES string of the molecule is CC(C)CCOCCOC(=O)c1csc(-c2cccc(Cl)c2)n1. The average Bonchev–Trinajstić information content (AvgIpc) is 3.00. The monoisotopic (exact) mass is 353 g/mol. The topological polar surface area (TPSA) is 48.4 Å². The van der Waals surface area contributed by atoms with Gasteiger partial charge in [0.1, 0.15) is 11.6 Å². The quantitative estimate of drug-likeness (QED) is 0.510. The van der Waals surface area contributed by atoms with Gasteiger partial charge in [0.25, 0.3) is 0 Å². The lowest BCUT2D eigenvalue weighted by Gasteiger charge is -2.06. The third-order valence-corrected chi connectivity index (χ3v) is 4.21. The summed E-state index contributed by atoms with van der Waals surface area (Å²) in [6.45, 7) is 5.61. The highest BCUT2D eigenvalue weighted by Gasteiger charge is 2.13. The third-order valence-electron chi connectivity index (χ3n) is 3.09. The van der Waals surface area contributed by atoms with E-state index in [4.69, 9.17) is 21.1 Å². The summed E-state index contributed by atoms with van der Waals surface area (Å²) in [5.74, 6) is 0.180. The average molecular weight is 354 g/mol. The Morgan fingerprint density at radius 3 is 2.87 bits per heavy atom. The van der Waals surface area contributed by atoms with Gasteiger partial charge in [-0.15, -0.1) is 11.3 Å². The second kappa shape index (κ2) is 9.01. The first-order chi connectivity index (χ1) is 11.1. The number of esters is 1. The van der Waals surface area contributed by atoms with Crippen molar-refractivity contribution >= 4 is 28.9 Å². The molecule has 1 aromatic heterocycles. The van der Waals surface area contributed by atoms with Crippen molar-refractivity contribution in [2.24, 2.45) is 5.92 Å². The number of hydrogen-bond acceptors (Lipinski definition) is 5. The Kier molecular flexibility index (Phi) is 7.02. The first kappa shape index (κ1) is 17.9. The number of aromatic nitrogens is 1. The van der Waals surface area contributed by atoms with Crippen molar-refractivity contribution in [3.63, 3.8) is 0 Å². The molecule has 1 heterocycles. The summed E-state index contributed by atoms with van der Waals surface area (Å²) >= 11 is 7.35. The molecule has 0 saturated carbocycles. The number of carbonyl (C=O) groups is 1. The lowest BCUT2D eigenvalue weighted by molar-refractivity contribution is 0.0298. The Morgan fingerprint density at radius 1 is 1.30 bits per heavy atom. The van der Waals surface area contributed by atoms with Gasteiger partial charge in [0, 0.05) is 22.6 Å². The smallest absolute Gasteiger partial charge is 0.357 e. The summed E-state index contributed by atoms with van der Waals surface area (Å²) in [6.07, 6.45) is 1.00. The minimum Gasteiger partial charge on any atom is -0.458 e. The molecule has 0 unspecified atom stereocenters. The standard InChI is InChI=1S/C17H20ClNO3S/c1-12(2)6-7-21-8-9-22-17(20)15-11-23-16(19-15)13-4-3-5-14(18)10-13/h3-5,10-12H,6-9H2,1-2H3. The Labute approximate surface area is 145 Å². The minimum absolute atomic E-state index is 0.237. The second-order valence-corrected chi connectivity index (χ2v) is 6.77. The van der Waals surface area contributed by atoms with E-state index in [1.54, 1.807) is 11.4 Å². The number of ether oxygens (including phenoxy) is 2. The van der Waals surface area contributed by atoms with Gasteiger partial charge in [-0.3, -0.25) is 0 Å². The largest absolute Gasteiger partial charge is 0.458 e. The lowest BCUT2D eigenvalue weighted by Crippen LogP contribution is -2.12. The van der Waals surface area contributed by atoms with Gasteiger partial charge in [-0.2, -0.15) is 0 Å². The summed E-state index contributed by atoms with van der Waals surface area (Å²) < 4.78 is 10.6. The maximum atomic E-state index is 11.9. The predicted molar refractivity (Wildman–Crippen MR) is 93.1 cm³/mol. The first-order valence-electron chi connectivity index (χ1n) is 7.52. The zero-order chi connectivity index (χ0) is 16.7. The molecule has 0 radical (unpaired) electrons. The number of nitrogens with zero attached hydrogens (tertiary/aromatic N) is 1. The van der Waals surface area contributed by atoms with Gasteiger partial charge in [-0.25, -0.2) is 9.78 Å². The maximum absolute atomic E-state index is 11.9. The molecule has 0 aliphatic heterocycles.